The molecule has 0 aromatic carbocycles. The number of aliphatic hydroxyl groups is 1. The molecule has 1 aliphatic carbocycles. The monoisotopic (exact) mass is 272 g/mol. The average Bonchev–Trinajstić information content (AvgIpc) is 2.63. The molecular weight excluding hydrogens is 252 g/mol. The summed E-state index contributed by atoms with van der Waals surface area (Å²) < 4.78 is 0.820. The lowest BCUT2D eigenvalue weighted by atomic mass is 9.68. The van der Waals surface area contributed by atoms with Crippen molar-refractivity contribution in [2.24, 2.45) is 11.8 Å². The van der Waals surface area contributed by atoms with E-state index in [2.05, 4.69) is 19.9 Å². The topological polar surface area (TPSA) is 20.2 Å². The van der Waals surface area contributed by atoms with Gasteiger partial charge >= 0.3 is 0 Å². The molecule has 1 aromatic rings. The minimum Gasteiger partial charge on any atom is -0.389 e. The van der Waals surface area contributed by atoms with Crippen molar-refractivity contribution in [1.29, 1.82) is 0 Å². The molecule has 1 N–H and O–H groups in total. The molecule has 2 atom stereocenters. The van der Waals surface area contributed by atoms with Crippen LogP contribution >= 0.6 is 22.9 Å². The molecule has 0 bridgehead atoms. The normalized spacial score (nSPS) is 29.8. The van der Waals surface area contributed by atoms with Crippen molar-refractivity contribution < 1.29 is 5.11 Å². The van der Waals surface area contributed by atoms with Gasteiger partial charge in [-0.2, -0.15) is 0 Å². The molecule has 1 fully saturated rings. The third-order valence-corrected chi connectivity index (χ3v) is 5.21. The van der Waals surface area contributed by atoms with Crippen molar-refractivity contribution in [2.75, 3.05) is 0 Å². The Morgan fingerprint density at radius 2 is 2.24 bits per heavy atom. The van der Waals surface area contributed by atoms with Crippen LogP contribution < -0.4 is 0 Å². The third-order valence-electron chi connectivity index (χ3n) is 3.98. The van der Waals surface area contributed by atoms with Crippen molar-refractivity contribution in [2.45, 2.75) is 51.6 Å². The van der Waals surface area contributed by atoms with E-state index in [4.69, 9.17) is 11.6 Å². The summed E-state index contributed by atoms with van der Waals surface area (Å²) in [5, 5.41) is 10.9. The van der Waals surface area contributed by atoms with Crippen LogP contribution in [0.1, 0.15) is 44.4 Å². The van der Waals surface area contributed by atoms with Gasteiger partial charge < -0.3 is 5.11 Å². The lowest BCUT2D eigenvalue weighted by molar-refractivity contribution is -0.0647. The molecule has 1 saturated carbocycles. The quantitative estimate of drug-likeness (QED) is 0.858. The first-order valence-corrected chi connectivity index (χ1v) is 7.67. The van der Waals surface area contributed by atoms with Crippen molar-refractivity contribution in [3.8, 4) is 0 Å². The zero-order valence-electron chi connectivity index (χ0n) is 10.6. The number of halogens is 1. The minimum atomic E-state index is -0.513. The fourth-order valence-corrected chi connectivity index (χ4v) is 4.38. The van der Waals surface area contributed by atoms with E-state index in [1.54, 1.807) is 11.3 Å². The summed E-state index contributed by atoms with van der Waals surface area (Å²) in [7, 11) is 0. The predicted octanol–water partition coefficient (Wildman–Crippen LogP) is 4.52. The first kappa shape index (κ1) is 13.4. The van der Waals surface area contributed by atoms with Crippen molar-refractivity contribution >= 4 is 22.9 Å². The Morgan fingerprint density at radius 3 is 2.82 bits per heavy atom. The largest absolute Gasteiger partial charge is 0.389 e. The van der Waals surface area contributed by atoms with Gasteiger partial charge in [0.15, 0.2) is 0 Å². The molecule has 17 heavy (non-hydrogen) atoms. The van der Waals surface area contributed by atoms with Gasteiger partial charge in [0.2, 0.25) is 0 Å². The van der Waals surface area contributed by atoms with E-state index in [0.29, 0.717) is 11.8 Å². The standard InChI is InChI=1S/C14H21ClOS/c1-10(2)12-5-3-4-8-14(12,16)9-11-6-7-13(15)17-11/h6-7,10,12,16H,3-5,8-9H2,1-2H3. The van der Waals surface area contributed by atoms with Gasteiger partial charge in [0.1, 0.15) is 0 Å². The maximum absolute atomic E-state index is 10.9. The molecule has 2 rings (SSSR count). The molecule has 0 spiro atoms. The van der Waals surface area contributed by atoms with Crippen LogP contribution in [0.5, 0.6) is 0 Å². The molecule has 1 aliphatic rings. The number of thiophene rings is 1. The van der Waals surface area contributed by atoms with E-state index < -0.39 is 5.60 Å². The van der Waals surface area contributed by atoms with Crippen LogP contribution in [-0.2, 0) is 6.42 Å². The van der Waals surface area contributed by atoms with Crippen LogP contribution in [-0.4, -0.2) is 10.7 Å². The molecule has 1 aromatic heterocycles. The van der Waals surface area contributed by atoms with Gasteiger partial charge in [0, 0.05) is 11.3 Å². The van der Waals surface area contributed by atoms with Gasteiger partial charge in [-0.1, -0.05) is 38.3 Å². The molecule has 0 radical (unpaired) electrons. The van der Waals surface area contributed by atoms with Gasteiger partial charge in [0.05, 0.1) is 9.94 Å². The number of hydrogen-bond donors (Lipinski definition) is 1. The highest BCUT2D eigenvalue weighted by atomic mass is 35.5. The zero-order chi connectivity index (χ0) is 12.5. The average molecular weight is 273 g/mol. The van der Waals surface area contributed by atoms with E-state index in [1.165, 1.54) is 11.3 Å². The van der Waals surface area contributed by atoms with Crippen LogP contribution in [0.25, 0.3) is 0 Å². The predicted molar refractivity (Wildman–Crippen MR) is 74.8 cm³/mol. The second-order valence-corrected chi connectivity index (χ2v) is 7.38. The molecule has 96 valence electrons. The summed E-state index contributed by atoms with van der Waals surface area (Å²) in [5.74, 6) is 0.979. The van der Waals surface area contributed by atoms with Crippen LogP contribution in [0.2, 0.25) is 4.34 Å². The molecule has 2 unspecified atom stereocenters. The Bertz CT molecular complexity index is 374. The second kappa shape index (κ2) is 5.29. The van der Waals surface area contributed by atoms with Gasteiger partial charge in [0.25, 0.3) is 0 Å². The Morgan fingerprint density at radius 1 is 1.47 bits per heavy atom. The fourth-order valence-electron chi connectivity index (χ4n) is 3.17. The fraction of sp³-hybridized carbons (Fsp3) is 0.714. The summed E-state index contributed by atoms with van der Waals surface area (Å²) in [5.41, 5.74) is -0.513. The highest BCUT2D eigenvalue weighted by Crippen LogP contribution is 2.41. The Balaban J connectivity index is 2.14. The summed E-state index contributed by atoms with van der Waals surface area (Å²) >= 11 is 7.56. The molecular formula is C14H21ClOS. The van der Waals surface area contributed by atoms with Gasteiger partial charge in [-0.05, 0) is 36.8 Å². The lowest BCUT2D eigenvalue weighted by Crippen LogP contribution is -2.44. The van der Waals surface area contributed by atoms with E-state index in [0.717, 1.165) is 30.0 Å². The SMILES string of the molecule is CC(C)C1CCCCC1(O)Cc1ccc(Cl)s1. The number of rotatable bonds is 3. The summed E-state index contributed by atoms with van der Waals surface area (Å²) in [4.78, 5) is 1.21. The van der Waals surface area contributed by atoms with Crippen LogP contribution in [0, 0.1) is 11.8 Å². The van der Waals surface area contributed by atoms with Crippen LogP contribution in [0.4, 0.5) is 0 Å². The van der Waals surface area contributed by atoms with E-state index in [1.807, 2.05) is 6.07 Å². The highest BCUT2D eigenvalue weighted by molar-refractivity contribution is 7.16. The molecule has 0 saturated heterocycles. The Labute approximate surface area is 113 Å². The summed E-state index contributed by atoms with van der Waals surface area (Å²) in [6.07, 6.45) is 5.28. The van der Waals surface area contributed by atoms with E-state index >= 15 is 0 Å². The van der Waals surface area contributed by atoms with Crippen LogP contribution in [0.3, 0.4) is 0 Å². The molecule has 0 aliphatic heterocycles. The minimum absolute atomic E-state index is 0.428. The molecule has 0 amide bonds. The van der Waals surface area contributed by atoms with E-state index in [9.17, 15) is 5.11 Å². The van der Waals surface area contributed by atoms with Gasteiger partial charge in [-0.15, -0.1) is 11.3 Å². The smallest absolute Gasteiger partial charge is 0.0931 e. The van der Waals surface area contributed by atoms with Gasteiger partial charge in [-0.25, -0.2) is 0 Å². The summed E-state index contributed by atoms with van der Waals surface area (Å²) in [6.45, 7) is 4.45. The molecule has 1 heterocycles. The molecule has 1 nitrogen and oxygen atoms in total. The summed E-state index contributed by atoms with van der Waals surface area (Å²) in [6, 6.07) is 3.98. The Kier molecular flexibility index (Phi) is 4.17. The maximum atomic E-state index is 10.9. The van der Waals surface area contributed by atoms with Crippen LogP contribution in [0.15, 0.2) is 12.1 Å². The number of hydrogen-bond acceptors (Lipinski definition) is 2. The first-order valence-electron chi connectivity index (χ1n) is 6.48. The first-order chi connectivity index (χ1) is 8.01. The maximum Gasteiger partial charge on any atom is 0.0931 e. The second-order valence-electron chi connectivity index (χ2n) is 5.58. The van der Waals surface area contributed by atoms with Crippen molar-refractivity contribution in [3.63, 3.8) is 0 Å². The third kappa shape index (κ3) is 3.04. The van der Waals surface area contributed by atoms with Crippen molar-refractivity contribution in [3.05, 3.63) is 21.3 Å². The van der Waals surface area contributed by atoms with E-state index in [-0.39, 0.29) is 0 Å². The Hall–Kier alpha value is -0.0500. The highest BCUT2D eigenvalue weighted by Gasteiger charge is 2.40. The zero-order valence-corrected chi connectivity index (χ0v) is 12.2. The van der Waals surface area contributed by atoms with Crippen molar-refractivity contribution in [1.82, 2.24) is 0 Å². The van der Waals surface area contributed by atoms with Gasteiger partial charge in [-0.3, -0.25) is 0 Å². The lowest BCUT2D eigenvalue weighted by Gasteiger charge is -2.42. The molecule has 3 heteroatoms.